The van der Waals surface area contributed by atoms with Gasteiger partial charge in [-0.25, -0.2) is 0 Å². The van der Waals surface area contributed by atoms with Gasteiger partial charge in [-0.05, 0) is 49.4 Å². The van der Waals surface area contributed by atoms with Gasteiger partial charge in [0.2, 0.25) is 0 Å². The third-order valence-corrected chi connectivity index (χ3v) is 4.75. The molecule has 0 radical (unpaired) electrons. The second kappa shape index (κ2) is 8.45. The molecule has 2 aromatic rings. The second-order valence-electron chi connectivity index (χ2n) is 6.55. The normalized spacial score (nSPS) is 15.1. The maximum atomic E-state index is 11.3. The van der Waals surface area contributed by atoms with Crippen LogP contribution in [0.25, 0.3) is 11.1 Å². The molecule has 1 N–H and O–H groups in total. The fourth-order valence-corrected chi connectivity index (χ4v) is 3.28. The van der Waals surface area contributed by atoms with Crippen LogP contribution in [0.1, 0.15) is 25.5 Å². The van der Waals surface area contributed by atoms with E-state index in [2.05, 4.69) is 22.4 Å². The highest BCUT2D eigenvalue weighted by Gasteiger charge is 2.13. The first-order valence-corrected chi connectivity index (χ1v) is 9.05. The molecule has 0 amide bonds. The number of rotatable bonds is 6. The van der Waals surface area contributed by atoms with Gasteiger partial charge < -0.3 is 10.1 Å². The number of hydrogen-bond donors (Lipinski definition) is 1. The van der Waals surface area contributed by atoms with E-state index in [1.807, 2.05) is 18.2 Å². The molecule has 0 unspecified atom stereocenters. The lowest BCUT2D eigenvalue weighted by Crippen LogP contribution is -2.22. The summed E-state index contributed by atoms with van der Waals surface area (Å²) in [6.07, 6.45) is 4.16. The van der Waals surface area contributed by atoms with Crippen LogP contribution in [0.3, 0.4) is 0 Å². The molecule has 0 bridgehead atoms. The summed E-state index contributed by atoms with van der Waals surface area (Å²) in [6.45, 7) is 4.24. The summed E-state index contributed by atoms with van der Waals surface area (Å²) in [5.74, 6) is 0.747. The number of hydrogen-bond acceptors (Lipinski definition) is 4. The third-order valence-electron chi connectivity index (χ3n) is 4.45. The van der Waals surface area contributed by atoms with Crippen LogP contribution in [-0.4, -0.2) is 30.5 Å². The first-order valence-electron chi connectivity index (χ1n) is 8.68. The van der Waals surface area contributed by atoms with E-state index >= 15 is 0 Å². The summed E-state index contributed by atoms with van der Waals surface area (Å²) >= 11 is 6.34. The lowest BCUT2D eigenvalue weighted by molar-refractivity contribution is -0.116. The summed E-state index contributed by atoms with van der Waals surface area (Å²) in [6, 6.07) is 10.1. The van der Waals surface area contributed by atoms with Crippen LogP contribution in [0.15, 0.2) is 36.5 Å². The van der Waals surface area contributed by atoms with Crippen molar-refractivity contribution in [2.45, 2.75) is 26.2 Å². The highest BCUT2D eigenvalue weighted by molar-refractivity contribution is 6.33. The van der Waals surface area contributed by atoms with Gasteiger partial charge in [-0.15, -0.1) is 0 Å². The largest absolute Gasteiger partial charge is 0.385 e. The van der Waals surface area contributed by atoms with E-state index in [9.17, 15) is 4.79 Å². The average Bonchev–Trinajstić information content (AvgIpc) is 2.62. The van der Waals surface area contributed by atoms with Crippen molar-refractivity contribution in [1.29, 1.82) is 0 Å². The lowest BCUT2D eigenvalue weighted by Gasteiger charge is -2.22. The minimum absolute atomic E-state index is 0.0904. The van der Waals surface area contributed by atoms with E-state index in [0.29, 0.717) is 17.4 Å². The monoisotopic (exact) mass is 358 g/mol. The van der Waals surface area contributed by atoms with Crippen molar-refractivity contribution in [1.82, 2.24) is 4.98 Å². The Balaban J connectivity index is 1.75. The number of ether oxygens (including phenoxy) is 1. The standard InChI is InChI=1S/C20H23ClN2O2/c1-14(24)9-18-11-19(20(21)13-23-18)16-3-2-4-17(10-16)22-12-15-5-7-25-8-6-15/h2-4,10-11,13,15,22H,5-9,12H2,1H3. The first kappa shape index (κ1) is 17.9. The van der Waals surface area contributed by atoms with Gasteiger partial charge in [-0.2, -0.15) is 0 Å². The van der Waals surface area contributed by atoms with E-state index in [4.69, 9.17) is 16.3 Å². The maximum Gasteiger partial charge on any atom is 0.135 e. The molecule has 1 aromatic heterocycles. The summed E-state index contributed by atoms with van der Waals surface area (Å²) < 4.78 is 5.41. The molecule has 1 aliphatic heterocycles. The maximum absolute atomic E-state index is 11.3. The summed E-state index contributed by atoms with van der Waals surface area (Å²) in [7, 11) is 0. The van der Waals surface area contributed by atoms with E-state index in [1.54, 1.807) is 13.1 Å². The number of benzene rings is 1. The molecular formula is C20H23ClN2O2. The molecule has 1 fully saturated rings. The zero-order chi connectivity index (χ0) is 17.6. The van der Waals surface area contributed by atoms with Crippen LogP contribution in [0.2, 0.25) is 5.02 Å². The van der Waals surface area contributed by atoms with E-state index in [0.717, 1.165) is 55.1 Å². The van der Waals surface area contributed by atoms with Gasteiger partial charge >= 0.3 is 0 Å². The molecule has 1 saturated heterocycles. The molecule has 1 aromatic carbocycles. The lowest BCUT2D eigenvalue weighted by atomic mass is 10.00. The molecule has 0 atom stereocenters. The Morgan fingerprint density at radius 2 is 2.12 bits per heavy atom. The van der Waals surface area contributed by atoms with Crippen LogP contribution in [0.5, 0.6) is 0 Å². The Labute approximate surface area is 153 Å². The Kier molecular flexibility index (Phi) is 6.05. The van der Waals surface area contributed by atoms with Gasteiger partial charge in [0, 0.05) is 49.3 Å². The van der Waals surface area contributed by atoms with Gasteiger partial charge in [0.15, 0.2) is 0 Å². The topological polar surface area (TPSA) is 51.2 Å². The van der Waals surface area contributed by atoms with Gasteiger partial charge in [0.25, 0.3) is 0 Å². The minimum atomic E-state index is 0.0904. The van der Waals surface area contributed by atoms with Crippen LogP contribution in [0.4, 0.5) is 5.69 Å². The van der Waals surface area contributed by atoms with Crippen LogP contribution >= 0.6 is 11.6 Å². The minimum Gasteiger partial charge on any atom is -0.385 e. The fourth-order valence-electron chi connectivity index (χ4n) is 3.06. The number of anilines is 1. The number of ketones is 1. The number of nitrogens with one attached hydrogen (secondary N) is 1. The molecule has 0 saturated carbocycles. The van der Waals surface area contributed by atoms with Crippen molar-refractivity contribution >= 4 is 23.1 Å². The fraction of sp³-hybridized carbons (Fsp3) is 0.400. The Hall–Kier alpha value is -1.91. The highest BCUT2D eigenvalue weighted by atomic mass is 35.5. The van der Waals surface area contributed by atoms with Crippen molar-refractivity contribution in [3.63, 3.8) is 0 Å². The average molecular weight is 359 g/mol. The molecule has 2 heterocycles. The smallest absolute Gasteiger partial charge is 0.135 e. The molecule has 25 heavy (non-hydrogen) atoms. The Morgan fingerprint density at radius 1 is 1.32 bits per heavy atom. The Morgan fingerprint density at radius 3 is 2.88 bits per heavy atom. The third kappa shape index (κ3) is 5.03. The molecule has 0 spiro atoms. The number of aromatic nitrogens is 1. The molecule has 1 aliphatic rings. The Bertz CT molecular complexity index is 742. The summed E-state index contributed by atoms with van der Waals surface area (Å²) in [5.41, 5.74) is 3.74. The number of Topliss-reactive ketones (excluding diaryl/α,β-unsaturated/α-hetero) is 1. The zero-order valence-electron chi connectivity index (χ0n) is 14.4. The van der Waals surface area contributed by atoms with Crippen LogP contribution < -0.4 is 5.32 Å². The van der Waals surface area contributed by atoms with E-state index < -0.39 is 0 Å². The SMILES string of the molecule is CC(=O)Cc1cc(-c2cccc(NCC3CCOCC3)c2)c(Cl)cn1. The van der Waals surface area contributed by atoms with Gasteiger partial charge in [0.1, 0.15) is 5.78 Å². The van der Waals surface area contributed by atoms with Crippen LogP contribution in [-0.2, 0) is 16.0 Å². The number of nitrogens with zero attached hydrogens (tertiary/aromatic N) is 1. The van der Waals surface area contributed by atoms with E-state index in [-0.39, 0.29) is 5.78 Å². The molecule has 4 nitrogen and oxygen atoms in total. The van der Waals surface area contributed by atoms with Crippen molar-refractivity contribution in [3.05, 3.63) is 47.2 Å². The summed E-state index contributed by atoms with van der Waals surface area (Å²) in [5, 5.41) is 4.11. The number of carbonyl (C=O) groups excluding carboxylic acids is 1. The number of pyridine rings is 1. The number of halogens is 1. The second-order valence-corrected chi connectivity index (χ2v) is 6.96. The quantitative estimate of drug-likeness (QED) is 0.832. The van der Waals surface area contributed by atoms with E-state index in [1.165, 1.54) is 0 Å². The predicted octanol–water partition coefficient (Wildman–Crippen LogP) is 4.37. The summed E-state index contributed by atoms with van der Waals surface area (Å²) in [4.78, 5) is 15.6. The van der Waals surface area contributed by atoms with Gasteiger partial charge in [0.05, 0.1) is 5.02 Å². The van der Waals surface area contributed by atoms with Crippen molar-refractivity contribution in [2.75, 3.05) is 25.1 Å². The molecular weight excluding hydrogens is 336 g/mol. The number of carbonyl (C=O) groups is 1. The highest BCUT2D eigenvalue weighted by Crippen LogP contribution is 2.30. The van der Waals surface area contributed by atoms with Crippen molar-refractivity contribution in [2.24, 2.45) is 5.92 Å². The van der Waals surface area contributed by atoms with Crippen molar-refractivity contribution in [3.8, 4) is 11.1 Å². The van der Waals surface area contributed by atoms with Crippen LogP contribution in [0, 0.1) is 5.92 Å². The zero-order valence-corrected chi connectivity index (χ0v) is 15.2. The molecule has 5 heteroatoms. The molecule has 0 aliphatic carbocycles. The van der Waals surface area contributed by atoms with Gasteiger partial charge in [-0.1, -0.05) is 23.7 Å². The van der Waals surface area contributed by atoms with Gasteiger partial charge in [-0.3, -0.25) is 9.78 Å². The molecule has 132 valence electrons. The predicted molar refractivity (Wildman–Crippen MR) is 101 cm³/mol. The molecule has 3 rings (SSSR count). The first-order chi connectivity index (χ1) is 12.1. The van der Waals surface area contributed by atoms with Crippen molar-refractivity contribution < 1.29 is 9.53 Å².